The Morgan fingerprint density at radius 1 is 0.880 bits per heavy atom. The SMILES string of the molecule is CCNC(=S)Nc1ccc(C(=O)Nc2ccc(C(=O)NN)cc2)cc1. The van der Waals surface area contributed by atoms with Gasteiger partial charge in [0.05, 0.1) is 0 Å². The molecule has 25 heavy (non-hydrogen) atoms. The van der Waals surface area contributed by atoms with E-state index in [-0.39, 0.29) is 5.91 Å². The highest BCUT2D eigenvalue weighted by Gasteiger charge is 2.08. The second kappa shape index (κ2) is 8.76. The lowest BCUT2D eigenvalue weighted by atomic mass is 10.1. The number of carbonyl (C=O) groups excluding carboxylic acids is 2. The molecule has 2 amide bonds. The number of carbonyl (C=O) groups is 2. The zero-order valence-corrected chi connectivity index (χ0v) is 14.4. The van der Waals surface area contributed by atoms with Gasteiger partial charge in [0.15, 0.2) is 5.11 Å². The van der Waals surface area contributed by atoms with Crippen LogP contribution in [0.5, 0.6) is 0 Å². The summed E-state index contributed by atoms with van der Waals surface area (Å²) in [5, 5.41) is 9.30. The van der Waals surface area contributed by atoms with Crippen molar-refractivity contribution in [2.75, 3.05) is 17.2 Å². The summed E-state index contributed by atoms with van der Waals surface area (Å²) in [5.41, 5.74) is 4.33. The maximum Gasteiger partial charge on any atom is 0.265 e. The molecule has 0 bridgehead atoms. The first-order valence-corrected chi connectivity index (χ1v) is 8.01. The fourth-order valence-corrected chi connectivity index (χ4v) is 2.29. The molecule has 0 aromatic heterocycles. The minimum absolute atomic E-state index is 0.253. The Morgan fingerprint density at radius 2 is 1.36 bits per heavy atom. The molecule has 0 radical (unpaired) electrons. The zero-order valence-electron chi connectivity index (χ0n) is 13.6. The fourth-order valence-electron chi connectivity index (χ4n) is 2.03. The average Bonchev–Trinajstić information content (AvgIpc) is 2.62. The van der Waals surface area contributed by atoms with Crippen molar-refractivity contribution in [3.05, 3.63) is 59.7 Å². The van der Waals surface area contributed by atoms with Gasteiger partial charge in [-0.15, -0.1) is 0 Å². The maximum atomic E-state index is 12.3. The molecule has 0 fully saturated rings. The molecule has 6 N–H and O–H groups in total. The standard InChI is InChI=1S/C17H19N5O2S/c1-2-19-17(25)21-14-9-3-11(4-10-14)15(23)20-13-7-5-12(6-8-13)16(24)22-18/h3-10H,2,18H2,1H3,(H,20,23)(H,22,24)(H2,19,21,25). The van der Waals surface area contributed by atoms with E-state index in [4.69, 9.17) is 18.1 Å². The minimum Gasteiger partial charge on any atom is -0.363 e. The van der Waals surface area contributed by atoms with Crippen LogP contribution in [-0.4, -0.2) is 23.5 Å². The molecule has 0 spiro atoms. The van der Waals surface area contributed by atoms with Gasteiger partial charge in [-0.3, -0.25) is 15.0 Å². The van der Waals surface area contributed by atoms with Crippen molar-refractivity contribution in [1.82, 2.24) is 10.7 Å². The highest BCUT2D eigenvalue weighted by atomic mass is 32.1. The Hall–Kier alpha value is -2.97. The second-order valence-electron chi connectivity index (χ2n) is 5.07. The summed E-state index contributed by atoms with van der Waals surface area (Å²) in [7, 11) is 0. The molecular formula is C17H19N5O2S. The van der Waals surface area contributed by atoms with Gasteiger partial charge >= 0.3 is 0 Å². The smallest absolute Gasteiger partial charge is 0.265 e. The van der Waals surface area contributed by atoms with E-state index in [1.165, 1.54) is 0 Å². The van der Waals surface area contributed by atoms with E-state index < -0.39 is 5.91 Å². The van der Waals surface area contributed by atoms with Gasteiger partial charge in [-0.25, -0.2) is 5.84 Å². The molecule has 0 aliphatic rings. The molecule has 0 aliphatic carbocycles. The molecule has 2 rings (SSSR count). The van der Waals surface area contributed by atoms with Crippen LogP contribution >= 0.6 is 12.2 Å². The van der Waals surface area contributed by atoms with Crippen LogP contribution in [-0.2, 0) is 0 Å². The number of benzene rings is 2. The number of amides is 2. The third-order valence-electron chi connectivity index (χ3n) is 3.28. The topological polar surface area (TPSA) is 108 Å². The molecule has 0 saturated heterocycles. The van der Waals surface area contributed by atoms with Crippen molar-refractivity contribution in [3.8, 4) is 0 Å². The predicted molar refractivity (Wildman–Crippen MR) is 102 cm³/mol. The molecule has 2 aromatic rings. The number of rotatable bonds is 5. The van der Waals surface area contributed by atoms with Gasteiger partial charge in [0.25, 0.3) is 11.8 Å². The molecule has 130 valence electrons. The van der Waals surface area contributed by atoms with Crippen LogP contribution in [0.15, 0.2) is 48.5 Å². The number of thiocarbonyl (C=S) groups is 1. The van der Waals surface area contributed by atoms with Gasteiger partial charge in [-0.1, -0.05) is 0 Å². The summed E-state index contributed by atoms with van der Waals surface area (Å²) in [4.78, 5) is 23.6. The van der Waals surface area contributed by atoms with Gasteiger partial charge in [-0.05, 0) is 67.7 Å². The quantitative estimate of drug-likeness (QED) is 0.242. The van der Waals surface area contributed by atoms with E-state index in [0.29, 0.717) is 21.9 Å². The maximum absolute atomic E-state index is 12.3. The highest BCUT2D eigenvalue weighted by molar-refractivity contribution is 7.80. The van der Waals surface area contributed by atoms with Gasteiger partial charge in [0.1, 0.15) is 0 Å². The van der Waals surface area contributed by atoms with Crippen LogP contribution in [0.2, 0.25) is 0 Å². The highest BCUT2D eigenvalue weighted by Crippen LogP contribution is 2.14. The normalized spacial score (nSPS) is 9.84. The molecule has 0 atom stereocenters. The van der Waals surface area contributed by atoms with Crippen LogP contribution in [0.1, 0.15) is 27.6 Å². The van der Waals surface area contributed by atoms with E-state index >= 15 is 0 Å². The Bertz CT molecular complexity index is 760. The lowest BCUT2D eigenvalue weighted by Crippen LogP contribution is -2.29. The summed E-state index contributed by atoms with van der Waals surface area (Å²) in [6.45, 7) is 2.69. The van der Waals surface area contributed by atoms with E-state index in [1.807, 2.05) is 12.3 Å². The second-order valence-corrected chi connectivity index (χ2v) is 5.47. The number of nitrogen functional groups attached to an aromatic ring is 1. The minimum atomic E-state index is -0.392. The number of hydrazine groups is 1. The van der Waals surface area contributed by atoms with Crippen molar-refractivity contribution in [3.63, 3.8) is 0 Å². The third kappa shape index (κ3) is 5.27. The largest absolute Gasteiger partial charge is 0.363 e. The molecule has 0 aliphatic heterocycles. The summed E-state index contributed by atoms with van der Waals surface area (Å²) in [6.07, 6.45) is 0. The molecular weight excluding hydrogens is 338 g/mol. The van der Waals surface area contributed by atoms with Gasteiger partial charge < -0.3 is 16.0 Å². The Labute approximate surface area is 151 Å². The van der Waals surface area contributed by atoms with Crippen molar-refractivity contribution < 1.29 is 9.59 Å². The number of hydrogen-bond acceptors (Lipinski definition) is 4. The van der Waals surface area contributed by atoms with Crippen LogP contribution in [0, 0.1) is 0 Å². The molecule has 0 saturated carbocycles. The number of hydrogen-bond donors (Lipinski definition) is 5. The Morgan fingerprint density at radius 3 is 1.84 bits per heavy atom. The summed E-state index contributed by atoms with van der Waals surface area (Å²) in [5.74, 6) is 4.43. The van der Waals surface area contributed by atoms with E-state index in [2.05, 4.69) is 16.0 Å². The first-order chi connectivity index (χ1) is 12.0. The molecule has 8 heteroatoms. The van der Waals surface area contributed by atoms with Crippen molar-refractivity contribution >= 4 is 40.5 Å². The first-order valence-electron chi connectivity index (χ1n) is 7.60. The lowest BCUT2D eigenvalue weighted by Gasteiger charge is -2.10. The fraction of sp³-hybridized carbons (Fsp3) is 0.118. The summed E-state index contributed by atoms with van der Waals surface area (Å²) >= 11 is 5.11. The first kappa shape index (κ1) is 18.4. The summed E-state index contributed by atoms with van der Waals surface area (Å²) < 4.78 is 0. The van der Waals surface area contributed by atoms with Crippen molar-refractivity contribution in [2.45, 2.75) is 6.92 Å². The van der Waals surface area contributed by atoms with E-state index in [9.17, 15) is 9.59 Å². The Kier molecular flexibility index (Phi) is 6.44. The van der Waals surface area contributed by atoms with Crippen LogP contribution in [0.4, 0.5) is 11.4 Å². The molecule has 7 nitrogen and oxygen atoms in total. The zero-order chi connectivity index (χ0) is 18.2. The average molecular weight is 357 g/mol. The lowest BCUT2D eigenvalue weighted by molar-refractivity contribution is 0.0953. The van der Waals surface area contributed by atoms with Crippen molar-refractivity contribution in [1.29, 1.82) is 0 Å². The number of anilines is 2. The third-order valence-corrected chi connectivity index (χ3v) is 3.52. The van der Waals surface area contributed by atoms with Gasteiger partial charge in [0.2, 0.25) is 0 Å². The molecule has 0 heterocycles. The summed E-state index contributed by atoms with van der Waals surface area (Å²) in [6, 6.07) is 13.4. The van der Waals surface area contributed by atoms with Crippen molar-refractivity contribution in [2.24, 2.45) is 5.84 Å². The number of nitrogens with two attached hydrogens (primary N) is 1. The van der Waals surface area contributed by atoms with E-state index in [1.54, 1.807) is 48.5 Å². The van der Waals surface area contributed by atoms with Crippen LogP contribution in [0.3, 0.4) is 0 Å². The number of nitrogens with one attached hydrogen (secondary N) is 4. The predicted octanol–water partition coefficient (Wildman–Crippen LogP) is 1.85. The van der Waals surface area contributed by atoms with E-state index in [0.717, 1.165) is 12.2 Å². The van der Waals surface area contributed by atoms with Crippen LogP contribution < -0.4 is 27.2 Å². The van der Waals surface area contributed by atoms with Crippen LogP contribution in [0.25, 0.3) is 0 Å². The molecule has 0 unspecified atom stereocenters. The van der Waals surface area contributed by atoms with Gasteiger partial charge in [0, 0.05) is 29.0 Å². The monoisotopic (exact) mass is 357 g/mol. The molecule has 2 aromatic carbocycles. The van der Waals surface area contributed by atoms with Gasteiger partial charge in [-0.2, -0.15) is 0 Å². The Balaban J connectivity index is 1.98.